The highest BCUT2D eigenvalue weighted by Gasteiger charge is 2.46. The van der Waals surface area contributed by atoms with E-state index >= 15 is 0 Å². The smallest absolute Gasteiger partial charge is 0.115 e. The summed E-state index contributed by atoms with van der Waals surface area (Å²) < 4.78 is 4.12. The summed E-state index contributed by atoms with van der Waals surface area (Å²) in [7, 11) is -2.25. The van der Waals surface area contributed by atoms with E-state index in [1.54, 1.807) is 0 Å². The zero-order chi connectivity index (χ0) is 12.7. The average molecular weight is 328 g/mol. The van der Waals surface area contributed by atoms with Gasteiger partial charge in [-0.25, -0.2) is 0 Å². The molecule has 0 radical (unpaired) electrons. The first kappa shape index (κ1) is 13.5. The average Bonchev–Trinajstić information content (AvgIpc) is 2.42. The van der Waals surface area contributed by atoms with E-state index in [1.165, 1.54) is 22.1 Å². The fourth-order valence-corrected chi connectivity index (χ4v) is 17.3. The molecule has 1 nitrogen and oxygen atoms in total. The molecular weight excluding hydrogens is 306 g/mol. The van der Waals surface area contributed by atoms with Crippen molar-refractivity contribution in [1.29, 1.82) is 0 Å². The summed E-state index contributed by atoms with van der Waals surface area (Å²) >= 11 is 3.57. The minimum Gasteiger partial charge on any atom is -0.342 e. The van der Waals surface area contributed by atoms with Gasteiger partial charge in [-0.1, -0.05) is 54.3 Å². The summed E-state index contributed by atoms with van der Waals surface area (Å²) in [5.74, 6) is 0. The standard InChI is InChI=1S/C13H22BrNSi2/c1-16(2)8-9-17(3,4)15(16)11-12-6-5-7-13(14)10-12/h5-7,10H,8-9,11H2,1-4H3. The van der Waals surface area contributed by atoms with E-state index in [1.807, 2.05) is 0 Å². The van der Waals surface area contributed by atoms with Crippen molar-refractivity contribution in [2.24, 2.45) is 0 Å². The van der Waals surface area contributed by atoms with Gasteiger partial charge in [0.05, 0.1) is 0 Å². The predicted molar refractivity (Wildman–Crippen MR) is 84.3 cm³/mol. The van der Waals surface area contributed by atoms with Gasteiger partial charge in [0.2, 0.25) is 0 Å². The van der Waals surface area contributed by atoms with E-state index in [4.69, 9.17) is 0 Å². The van der Waals surface area contributed by atoms with Crippen LogP contribution in [0.1, 0.15) is 5.56 Å². The van der Waals surface area contributed by atoms with Gasteiger partial charge in [0.25, 0.3) is 0 Å². The monoisotopic (exact) mass is 327 g/mol. The SMILES string of the molecule is C[Si]1(C)CC[Si](C)(C)N1Cc1cccc(Br)c1. The molecule has 0 amide bonds. The summed E-state index contributed by atoms with van der Waals surface area (Å²) in [4.78, 5) is 0. The van der Waals surface area contributed by atoms with Gasteiger partial charge in [0.15, 0.2) is 0 Å². The third-order valence-corrected chi connectivity index (χ3v) is 14.9. The molecule has 0 atom stereocenters. The molecule has 1 aliphatic heterocycles. The van der Waals surface area contributed by atoms with Crippen LogP contribution < -0.4 is 0 Å². The summed E-state index contributed by atoms with van der Waals surface area (Å²) in [6.07, 6.45) is 0. The molecule has 0 aromatic heterocycles. The van der Waals surface area contributed by atoms with Crippen LogP contribution in [0.25, 0.3) is 0 Å². The van der Waals surface area contributed by atoms with E-state index < -0.39 is 16.5 Å². The lowest BCUT2D eigenvalue weighted by atomic mass is 10.2. The van der Waals surface area contributed by atoms with Crippen LogP contribution in [0.3, 0.4) is 0 Å². The molecule has 2 rings (SSSR count). The second-order valence-electron chi connectivity index (χ2n) is 6.34. The highest BCUT2D eigenvalue weighted by Crippen LogP contribution is 2.38. The Labute approximate surface area is 116 Å². The molecule has 4 heteroatoms. The van der Waals surface area contributed by atoms with E-state index in [-0.39, 0.29) is 0 Å². The largest absolute Gasteiger partial charge is 0.342 e. The lowest BCUT2D eigenvalue weighted by Gasteiger charge is -2.39. The van der Waals surface area contributed by atoms with E-state index in [2.05, 4.69) is 70.6 Å². The zero-order valence-electron chi connectivity index (χ0n) is 11.3. The Morgan fingerprint density at radius 1 is 1.12 bits per heavy atom. The Bertz CT molecular complexity index is 402. The highest BCUT2D eigenvalue weighted by molar-refractivity contribution is 9.10. The molecule has 1 saturated heterocycles. The van der Waals surface area contributed by atoms with Crippen molar-refractivity contribution in [1.82, 2.24) is 4.23 Å². The van der Waals surface area contributed by atoms with Gasteiger partial charge in [-0.2, -0.15) is 0 Å². The zero-order valence-corrected chi connectivity index (χ0v) is 14.8. The minimum atomic E-state index is -1.13. The van der Waals surface area contributed by atoms with Crippen molar-refractivity contribution in [3.05, 3.63) is 34.3 Å². The van der Waals surface area contributed by atoms with Crippen molar-refractivity contribution in [3.63, 3.8) is 0 Å². The molecular formula is C13H22BrNSi2. The van der Waals surface area contributed by atoms with Crippen LogP contribution in [0.2, 0.25) is 38.3 Å². The van der Waals surface area contributed by atoms with Crippen LogP contribution in [0.4, 0.5) is 0 Å². The normalized spacial score (nSPS) is 22.9. The molecule has 0 spiro atoms. The molecule has 0 N–H and O–H groups in total. The number of hydrogen-bond acceptors (Lipinski definition) is 1. The molecule has 1 aromatic rings. The van der Waals surface area contributed by atoms with Crippen LogP contribution in [-0.2, 0) is 6.54 Å². The number of hydrogen-bond donors (Lipinski definition) is 0. The van der Waals surface area contributed by atoms with Gasteiger partial charge in [0.1, 0.15) is 16.5 Å². The molecule has 1 fully saturated rings. The number of benzene rings is 1. The first-order valence-electron chi connectivity index (χ1n) is 6.33. The number of nitrogens with zero attached hydrogens (tertiary/aromatic N) is 1. The van der Waals surface area contributed by atoms with Crippen molar-refractivity contribution < 1.29 is 0 Å². The van der Waals surface area contributed by atoms with Crippen LogP contribution in [-0.4, -0.2) is 20.7 Å². The summed E-state index contributed by atoms with van der Waals surface area (Å²) in [6.45, 7) is 11.3. The Hall–Kier alpha value is 0.0938. The molecule has 1 aromatic carbocycles. The van der Waals surface area contributed by atoms with Gasteiger partial charge < -0.3 is 4.23 Å². The van der Waals surface area contributed by atoms with Crippen LogP contribution in [0, 0.1) is 0 Å². The Kier molecular flexibility index (Phi) is 3.70. The van der Waals surface area contributed by atoms with Crippen molar-refractivity contribution >= 4 is 32.4 Å². The molecule has 0 unspecified atom stereocenters. The Morgan fingerprint density at radius 2 is 1.71 bits per heavy atom. The molecule has 1 aliphatic rings. The molecule has 0 aliphatic carbocycles. The first-order valence-corrected chi connectivity index (χ1v) is 13.4. The Balaban J connectivity index is 2.22. The maximum Gasteiger partial charge on any atom is 0.115 e. The lowest BCUT2D eigenvalue weighted by molar-refractivity contribution is 0.623. The van der Waals surface area contributed by atoms with Crippen LogP contribution >= 0.6 is 15.9 Å². The fourth-order valence-electron chi connectivity index (χ4n) is 2.95. The summed E-state index contributed by atoms with van der Waals surface area (Å²) in [5.41, 5.74) is 1.46. The summed E-state index contributed by atoms with van der Waals surface area (Å²) in [6, 6.07) is 11.8. The number of halogens is 1. The van der Waals surface area contributed by atoms with Crippen molar-refractivity contribution in [2.75, 3.05) is 0 Å². The molecule has 0 bridgehead atoms. The summed E-state index contributed by atoms with van der Waals surface area (Å²) in [5, 5.41) is 0. The van der Waals surface area contributed by atoms with E-state index in [0.29, 0.717) is 0 Å². The molecule has 17 heavy (non-hydrogen) atoms. The van der Waals surface area contributed by atoms with Crippen molar-refractivity contribution in [2.45, 2.75) is 44.8 Å². The number of rotatable bonds is 2. The van der Waals surface area contributed by atoms with Gasteiger partial charge in [0, 0.05) is 11.0 Å². The molecule has 0 saturated carbocycles. The lowest BCUT2D eigenvalue weighted by Crippen LogP contribution is -2.54. The molecule has 1 heterocycles. The second-order valence-corrected chi connectivity index (χ2v) is 17.0. The van der Waals surface area contributed by atoms with Gasteiger partial charge in [-0.3, -0.25) is 0 Å². The van der Waals surface area contributed by atoms with Crippen LogP contribution in [0.5, 0.6) is 0 Å². The van der Waals surface area contributed by atoms with Gasteiger partial charge >= 0.3 is 0 Å². The topological polar surface area (TPSA) is 3.24 Å². The van der Waals surface area contributed by atoms with Crippen molar-refractivity contribution in [3.8, 4) is 0 Å². The first-order chi connectivity index (χ1) is 7.81. The van der Waals surface area contributed by atoms with E-state index in [0.717, 1.165) is 6.54 Å². The molecule has 94 valence electrons. The third kappa shape index (κ3) is 2.92. The maximum absolute atomic E-state index is 3.57. The fraction of sp³-hybridized carbons (Fsp3) is 0.538. The predicted octanol–water partition coefficient (Wildman–Crippen LogP) is 4.67. The quantitative estimate of drug-likeness (QED) is 0.713. The highest BCUT2D eigenvalue weighted by atomic mass is 79.9. The van der Waals surface area contributed by atoms with Crippen LogP contribution in [0.15, 0.2) is 28.7 Å². The van der Waals surface area contributed by atoms with Gasteiger partial charge in [-0.05, 0) is 29.8 Å². The van der Waals surface area contributed by atoms with Gasteiger partial charge in [-0.15, -0.1) is 0 Å². The minimum absolute atomic E-state index is 1.13. The second kappa shape index (κ2) is 4.65. The third-order valence-electron chi connectivity index (χ3n) is 4.04. The Morgan fingerprint density at radius 3 is 2.24 bits per heavy atom. The van der Waals surface area contributed by atoms with E-state index in [9.17, 15) is 0 Å². The maximum atomic E-state index is 3.57.